The molecule has 0 aliphatic rings. The van der Waals surface area contributed by atoms with Crippen molar-refractivity contribution in [2.24, 2.45) is 5.10 Å². The zero-order valence-corrected chi connectivity index (χ0v) is 14.6. The van der Waals surface area contributed by atoms with Crippen molar-refractivity contribution in [2.45, 2.75) is 13.8 Å². The van der Waals surface area contributed by atoms with Crippen LogP contribution in [0.25, 0.3) is 16.9 Å². The summed E-state index contributed by atoms with van der Waals surface area (Å²) in [7, 11) is 0. The summed E-state index contributed by atoms with van der Waals surface area (Å²) in [6, 6.07) is 20.1. The predicted octanol–water partition coefficient (Wildman–Crippen LogP) is 3.63. The number of aromatic nitrogens is 5. The van der Waals surface area contributed by atoms with E-state index in [4.69, 9.17) is 5.10 Å². The quantitative estimate of drug-likeness (QED) is 0.532. The molecular weight excluding hydrogens is 324 g/mol. The van der Waals surface area contributed by atoms with Gasteiger partial charge in [-0.3, -0.25) is 0 Å². The molecule has 0 bridgehead atoms. The molecule has 0 amide bonds. The molecule has 0 aliphatic carbocycles. The predicted molar refractivity (Wildman–Crippen MR) is 101 cm³/mol. The molecule has 0 saturated heterocycles. The Kier molecular flexibility index (Phi) is 4.15. The summed E-state index contributed by atoms with van der Waals surface area (Å²) in [5, 5.41) is 17.4. The van der Waals surface area contributed by atoms with Gasteiger partial charge in [0.1, 0.15) is 5.69 Å². The first-order valence-corrected chi connectivity index (χ1v) is 8.36. The first-order chi connectivity index (χ1) is 12.7. The van der Waals surface area contributed by atoms with Crippen molar-refractivity contribution < 1.29 is 0 Å². The van der Waals surface area contributed by atoms with Crippen molar-refractivity contribution in [3.05, 3.63) is 84.1 Å². The van der Waals surface area contributed by atoms with Crippen LogP contribution in [-0.2, 0) is 0 Å². The zero-order valence-electron chi connectivity index (χ0n) is 14.6. The molecule has 0 N–H and O–H groups in total. The van der Waals surface area contributed by atoms with Gasteiger partial charge in [0, 0.05) is 17.3 Å². The maximum Gasteiger partial charge on any atom is 0.151 e. The number of aryl methyl sites for hydroxylation is 2. The Morgan fingerprint density at radius 3 is 2.12 bits per heavy atom. The molecular formula is C20H18N6. The Morgan fingerprint density at radius 2 is 1.46 bits per heavy atom. The summed E-state index contributed by atoms with van der Waals surface area (Å²) in [6.45, 7) is 3.76. The summed E-state index contributed by atoms with van der Waals surface area (Å²) >= 11 is 0. The van der Waals surface area contributed by atoms with E-state index in [-0.39, 0.29) is 0 Å². The number of benzene rings is 2. The van der Waals surface area contributed by atoms with E-state index in [0.29, 0.717) is 0 Å². The number of hydrogen-bond acceptors (Lipinski definition) is 4. The fourth-order valence-electron chi connectivity index (χ4n) is 2.77. The summed E-state index contributed by atoms with van der Waals surface area (Å²) in [4.78, 5) is 0. The molecule has 26 heavy (non-hydrogen) atoms. The molecule has 0 unspecified atom stereocenters. The molecule has 0 aliphatic heterocycles. The van der Waals surface area contributed by atoms with Gasteiger partial charge in [0.05, 0.1) is 11.9 Å². The van der Waals surface area contributed by atoms with E-state index in [9.17, 15) is 0 Å². The fraction of sp³-hybridized carbons (Fsp3) is 0.100. The number of nitrogens with zero attached hydrogens (tertiary/aromatic N) is 6. The number of rotatable bonds is 4. The van der Waals surface area contributed by atoms with Gasteiger partial charge in [-0.05, 0) is 26.0 Å². The van der Waals surface area contributed by atoms with Crippen molar-refractivity contribution in [3.63, 3.8) is 0 Å². The van der Waals surface area contributed by atoms with Crippen LogP contribution in [0.3, 0.4) is 0 Å². The largest absolute Gasteiger partial charge is 0.240 e. The van der Waals surface area contributed by atoms with Crippen molar-refractivity contribution in [3.8, 4) is 16.9 Å². The SMILES string of the molecule is Cc1nnc(C)n1N=Cc1cn(-c2ccccc2)nc1-c1ccccc1. The Morgan fingerprint density at radius 1 is 0.846 bits per heavy atom. The van der Waals surface area contributed by atoms with E-state index in [1.165, 1.54) is 0 Å². The first kappa shape index (κ1) is 16.0. The molecule has 2 aromatic heterocycles. The standard InChI is InChI=1S/C20H18N6/c1-15-22-23-16(2)26(15)21-13-18-14-25(19-11-7-4-8-12-19)24-20(18)17-9-5-3-6-10-17/h3-14H,1-2H3. The Balaban J connectivity index is 1.81. The average Bonchev–Trinajstić information content (AvgIpc) is 3.25. The van der Waals surface area contributed by atoms with Crippen LogP contribution in [0.1, 0.15) is 17.2 Å². The Bertz CT molecular complexity index is 1030. The molecule has 4 aromatic rings. The lowest BCUT2D eigenvalue weighted by Gasteiger charge is -2.00. The van der Waals surface area contributed by atoms with E-state index in [0.717, 1.165) is 34.2 Å². The molecule has 0 spiro atoms. The fourth-order valence-corrected chi connectivity index (χ4v) is 2.77. The topological polar surface area (TPSA) is 60.9 Å². The highest BCUT2D eigenvalue weighted by molar-refractivity contribution is 5.88. The third-order valence-electron chi connectivity index (χ3n) is 4.08. The van der Waals surface area contributed by atoms with Gasteiger partial charge in [0.15, 0.2) is 11.6 Å². The van der Waals surface area contributed by atoms with E-state index in [2.05, 4.69) is 15.3 Å². The Hall–Kier alpha value is -3.54. The van der Waals surface area contributed by atoms with Gasteiger partial charge in [-0.2, -0.15) is 10.2 Å². The van der Waals surface area contributed by atoms with Gasteiger partial charge in [0.25, 0.3) is 0 Å². The average molecular weight is 342 g/mol. The van der Waals surface area contributed by atoms with Crippen LogP contribution in [-0.4, -0.2) is 30.9 Å². The minimum atomic E-state index is 0.746. The van der Waals surface area contributed by atoms with Crippen molar-refractivity contribution in [1.82, 2.24) is 24.7 Å². The molecule has 0 atom stereocenters. The second-order valence-corrected chi connectivity index (χ2v) is 5.93. The molecule has 128 valence electrons. The normalized spacial score (nSPS) is 11.3. The van der Waals surface area contributed by atoms with Crippen molar-refractivity contribution in [1.29, 1.82) is 0 Å². The van der Waals surface area contributed by atoms with E-state index in [1.54, 1.807) is 10.9 Å². The minimum absolute atomic E-state index is 0.746. The summed E-state index contributed by atoms with van der Waals surface area (Å²) in [5.74, 6) is 1.49. The maximum absolute atomic E-state index is 4.78. The molecule has 2 heterocycles. The van der Waals surface area contributed by atoms with Crippen LogP contribution < -0.4 is 0 Å². The summed E-state index contributed by atoms with van der Waals surface area (Å²) in [5.41, 5.74) is 3.84. The highest BCUT2D eigenvalue weighted by Gasteiger charge is 2.11. The van der Waals surface area contributed by atoms with Crippen LogP contribution >= 0.6 is 0 Å². The number of hydrogen-bond donors (Lipinski definition) is 0. The van der Waals surface area contributed by atoms with Gasteiger partial charge in [-0.1, -0.05) is 48.5 Å². The van der Waals surface area contributed by atoms with Crippen molar-refractivity contribution in [2.75, 3.05) is 0 Å². The van der Waals surface area contributed by atoms with Gasteiger partial charge in [-0.25, -0.2) is 9.36 Å². The molecule has 0 fully saturated rings. The third kappa shape index (κ3) is 3.04. The van der Waals surface area contributed by atoms with E-state index >= 15 is 0 Å². The van der Waals surface area contributed by atoms with Crippen LogP contribution in [0.2, 0.25) is 0 Å². The van der Waals surface area contributed by atoms with Crippen LogP contribution in [0.5, 0.6) is 0 Å². The lowest BCUT2D eigenvalue weighted by Crippen LogP contribution is -1.96. The minimum Gasteiger partial charge on any atom is -0.240 e. The Labute approximate surface area is 151 Å². The molecule has 6 nitrogen and oxygen atoms in total. The second-order valence-electron chi connectivity index (χ2n) is 5.93. The molecule has 0 radical (unpaired) electrons. The smallest absolute Gasteiger partial charge is 0.151 e. The highest BCUT2D eigenvalue weighted by atomic mass is 15.4. The number of para-hydroxylation sites is 1. The molecule has 2 aromatic carbocycles. The van der Waals surface area contributed by atoms with Gasteiger partial charge in [-0.15, -0.1) is 10.2 Å². The maximum atomic E-state index is 4.78. The summed E-state index contributed by atoms with van der Waals surface area (Å²) in [6.07, 6.45) is 3.79. The monoisotopic (exact) mass is 342 g/mol. The lowest BCUT2D eigenvalue weighted by atomic mass is 10.1. The van der Waals surface area contributed by atoms with Gasteiger partial charge >= 0.3 is 0 Å². The molecule has 4 rings (SSSR count). The second kappa shape index (κ2) is 6.76. The van der Waals surface area contributed by atoms with Crippen molar-refractivity contribution >= 4 is 6.21 Å². The summed E-state index contributed by atoms with van der Waals surface area (Å²) < 4.78 is 3.59. The van der Waals surface area contributed by atoms with Gasteiger partial charge < -0.3 is 0 Å². The van der Waals surface area contributed by atoms with Crippen LogP contribution in [0, 0.1) is 13.8 Å². The van der Waals surface area contributed by atoms with Gasteiger partial charge in [0.2, 0.25) is 0 Å². The zero-order chi connectivity index (χ0) is 17.9. The highest BCUT2D eigenvalue weighted by Crippen LogP contribution is 2.22. The molecule has 0 saturated carbocycles. The van der Waals surface area contributed by atoms with Crippen LogP contribution in [0.4, 0.5) is 0 Å². The van der Waals surface area contributed by atoms with E-state index in [1.807, 2.05) is 85.4 Å². The van der Waals surface area contributed by atoms with E-state index < -0.39 is 0 Å². The van der Waals surface area contributed by atoms with Crippen LogP contribution in [0.15, 0.2) is 72.0 Å². The third-order valence-corrected chi connectivity index (χ3v) is 4.08. The first-order valence-electron chi connectivity index (χ1n) is 8.36. The lowest BCUT2D eigenvalue weighted by molar-refractivity contribution is 0.799. The molecule has 6 heteroatoms.